The summed E-state index contributed by atoms with van der Waals surface area (Å²) in [4.78, 5) is 26.1. The summed E-state index contributed by atoms with van der Waals surface area (Å²) in [6.07, 6.45) is 12.4. The standard InChI is InChI=1S/C44H57NO4/c1-27(2)32-19-24-44(39(48)45-30-13-15-31(49-8)16-14-30)26-25-42(6)34(37(32)44)17-18-36-41(5)22-20-33(28-9-11-29(12-10-28)38(46)47)40(3,4)35(41)21-23-43(36,42)7/h9-16,20,32,34-37H,1,17-19,21-26H2,2-8H3,(H,45,48)(H,46,47). The number of methoxy groups -OCH3 is 1. The summed E-state index contributed by atoms with van der Waals surface area (Å²) in [5.41, 5.74) is 5.10. The van der Waals surface area contributed by atoms with Crippen LogP contribution in [-0.4, -0.2) is 24.1 Å². The number of benzene rings is 2. The molecule has 7 rings (SSSR count). The van der Waals surface area contributed by atoms with Gasteiger partial charge in [-0.1, -0.05) is 65.0 Å². The smallest absolute Gasteiger partial charge is 0.335 e. The van der Waals surface area contributed by atoms with E-state index in [9.17, 15) is 14.7 Å². The lowest BCUT2D eigenvalue weighted by molar-refractivity contribution is -0.224. The number of carboxylic acid groups (broad SMARTS) is 1. The summed E-state index contributed by atoms with van der Waals surface area (Å²) in [6.45, 7) is 19.5. The number of nitrogens with one attached hydrogen (secondary N) is 1. The number of allylic oxidation sites excluding steroid dienone is 3. The molecule has 0 saturated heterocycles. The van der Waals surface area contributed by atoms with Gasteiger partial charge in [0.25, 0.3) is 0 Å². The average Bonchev–Trinajstić information content (AvgIpc) is 3.47. The first-order valence-electron chi connectivity index (χ1n) is 18.8. The predicted molar refractivity (Wildman–Crippen MR) is 197 cm³/mol. The van der Waals surface area contributed by atoms with Crippen LogP contribution in [0, 0.1) is 56.7 Å². The van der Waals surface area contributed by atoms with Crippen molar-refractivity contribution >= 4 is 23.1 Å². The summed E-state index contributed by atoms with van der Waals surface area (Å²) in [5.74, 6) is 2.46. The Hall–Kier alpha value is -3.34. The number of hydrogen-bond donors (Lipinski definition) is 2. The fourth-order valence-corrected chi connectivity index (χ4v) is 13.4. The first kappa shape index (κ1) is 34.1. The normalized spacial score (nSPS) is 38.9. The molecule has 5 heteroatoms. The highest BCUT2D eigenvalue weighted by Crippen LogP contribution is 2.77. The van der Waals surface area contributed by atoms with Gasteiger partial charge in [0.05, 0.1) is 18.1 Å². The Kier molecular flexibility index (Phi) is 8.08. The van der Waals surface area contributed by atoms with Crippen LogP contribution < -0.4 is 10.1 Å². The molecule has 5 nitrogen and oxygen atoms in total. The molecule has 262 valence electrons. The van der Waals surface area contributed by atoms with Gasteiger partial charge in [-0.05, 0) is 163 Å². The molecule has 2 aromatic rings. The molecule has 0 aromatic heterocycles. The Morgan fingerprint density at radius 1 is 0.837 bits per heavy atom. The maximum Gasteiger partial charge on any atom is 0.335 e. The van der Waals surface area contributed by atoms with E-state index in [4.69, 9.17) is 4.74 Å². The first-order chi connectivity index (χ1) is 23.1. The predicted octanol–water partition coefficient (Wildman–Crippen LogP) is 10.7. The van der Waals surface area contributed by atoms with Gasteiger partial charge in [0.2, 0.25) is 5.91 Å². The van der Waals surface area contributed by atoms with Gasteiger partial charge in [0.15, 0.2) is 0 Å². The van der Waals surface area contributed by atoms with Gasteiger partial charge in [0.1, 0.15) is 5.75 Å². The summed E-state index contributed by atoms with van der Waals surface area (Å²) >= 11 is 0. The number of rotatable bonds is 6. The average molecular weight is 664 g/mol. The van der Waals surface area contributed by atoms with Crippen LogP contribution in [0.1, 0.15) is 115 Å². The van der Waals surface area contributed by atoms with Crippen LogP contribution in [0.4, 0.5) is 5.69 Å². The number of fused-ring (bicyclic) bond motifs is 7. The van der Waals surface area contributed by atoms with Gasteiger partial charge in [-0.15, -0.1) is 0 Å². The first-order valence-corrected chi connectivity index (χ1v) is 18.8. The van der Waals surface area contributed by atoms with E-state index >= 15 is 0 Å². The molecule has 5 aliphatic rings. The zero-order valence-electron chi connectivity index (χ0n) is 30.8. The van der Waals surface area contributed by atoms with Crippen LogP contribution >= 0.6 is 0 Å². The number of anilines is 1. The van der Waals surface area contributed by atoms with E-state index in [0.717, 1.165) is 49.1 Å². The van der Waals surface area contributed by atoms with Gasteiger partial charge >= 0.3 is 5.97 Å². The van der Waals surface area contributed by atoms with E-state index in [-0.39, 0.29) is 33.0 Å². The van der Waals surface area contributed by atoms with E-state index in [1.54, 1.807) is 19.2 Å². The van der Waals surface area contributed by atoms with E-state index in [1.165, 1.54) is 36.8 Å². The van der Waals surface area contributed by atoms with Crippen molar-refractivity contribution in [1.29, 1.82) is 0 Å². The van der Waals surface area contributed by atoms with Crippen LogP contribution in [0.2, 0.25) is 0 Å². The number of ether oxygens (including phenoxy) is 1. The van der Waals surface area contributed by atoms with Crippen LogP contribution in [0.5, 0.6) is 5.75 Å². The molecule has 9 unspecified atom stereocenters. The summed E-state index contributed by atoms with van der Waals surface area (Å²) in [6, 6.07) is 15.3. The van der Waals surface area contributed by atoms with Crippen molar-refractivity contribution in [2.75, 3.05) is 12.4 Å². The molecular weight excluding hydrogens is 606 g/mol. The molecule has 0 spiro atoms. The Morgan fingerprint density at radius 3 is 2.16 bits per heavy atom. The lowest BCUT2D eigenvalue weighted by atomic mass is 9.32. The van der Waals surface area contributed by atoms with Crippen LogP contribution in [0.25, 0.3) is 5.57 Å². The van der Waals surface area contributed by atoms with Gasteiger partial charge in [-0.25, -0.2) is 4.79 Å². The highest BCUT2D eigenvalue weighted by Gasteiger charge is 2.71. The van der Waals surface area contributed by atoms with E-state index in [2.05, 4.69) is 59.5 Å². The summed E-state index contributed by atoms with van der Waals surface area (Å²) in [5, 5.41) is 12.9. The molecule has 4 fully saturated rings. The van der Waals surface area contributed by atoms with Crippen molar-refractivity contribution in [2.24, 2.45) is 56.7 Å². The number of amides is 1. The SMILES string of the molecule is C=C(C)C1CCC2(C(=O)Nc3ccc(OC)cc3)CCC3(C)C(CCC4C5(C)CC=C(c6ccc(C(=O)O)cc6)C(C)(C)C5CCC43C)C12. The Morgan fingerprint density at radius 2 is 1.53 bits per heavy atom. The Balaban J connectivity index is 1.21. The zero-order chi connectivity index (χ0) is 35.1. The van der Waals surface area contributed by atoms with Crippen LogP contribution in [0.3, 0.4) is 0 Å². The second-order valence-electron chi connectivity index (χ2n) is 18.0. The van der Waals surface area contributed by atoms with Crippen molar-refractivity contribution < 1.29 is 19.4 Å². The van der Waals surface area contributed by atoms with Gasteiger partial charge in [0, 0.05) is 5.69 Å². The van der Waals surface area contributed by atoms with Crippen LogP contribution in [0.15, 0.2) is 66.8 Å². The van der Waals surface area contributed by atoms with E-state index in [0.29, 0.717) is 35.2 Å². The zero-order valence-corrected chi connectivity index (χ0v) is 30.8. The minimum atomic E-state index is -0.878. The molecule has 2 aromatic carbocycles. The Bertz CT molecular complexity index is 1690. The summed E-state index contributed by atoms with van der Waals surface area (Å²) in [7, 11) is 1.67. The molecule has 2 N–H and O–H groups in total. The number of carboxylic acids is 1. The molecule has 1 amide bonds. The van der Waals surface area contributed by atoms with Gasteiger partial charge in [-0.3, -0.25) is 4.79 Å². The molecule has 5 aliphatic carbocycles. The third-order valence-electron chi connectivity index (χ3n) is 15.9. The maximum absolute atomic E-state index is 14.5. The third kappa shape index (κ3) is 4.83. The largest absolute Gasteiger partial charge is 0.497 e. The minimum absolute atomic E-state index is 0.0193. The Labute approximate surface area is 294 Å². The molecule has 0 heterocycles. The molecule has 0 radical (unpaired) electrons. The van der Waals surface area contributed by atoms with Crippen molar-refractivity contribution in [3.8, 4) is 5.75 Å². The van der Waals surface area contributed by atoms with Gasteiger partial charge < -0.3 is 15.2 Å². The molecule has 4 saturated carbocycles. The summed E-state index contributed by atoms with van der Waals surface area (Å²) < 4.78 is 5.37. The van der Waals surface area contributed by atoms with Crippen molar-refractivity contribution in [3.05, 3.63) is 77.9 Å². The second-order valence-corrected chi connectivity index (χ2v) is 18.0. The number of aromatic carboxylic acids is 1. The molecular formula is C44H57NO4. The molecule has 9 atom stereocenters. The van der Waals surface area contributed by atoms with E-state index in [1.807, 2.05) is 36.4 Å². The topological polar surface area (TPSA) is 75.6 Å². The monoisotopic (exact) mass is 663 g/mol. The molecule has 0 aliphatic heterocycles. The molecule has 49 heavy (non-hydrogen) atoms. The van der Waals surface area contributed by atoms with Crippen LogP contribution in [-0.2, 0) is 4.79 Å². The minimum Gasteiger partial charge on any atom is -0.497 e. The van der Waals surface area contributed by atoms with Gasteiger partial charge in [-0.2, -0.15) is 0 Å². The maximum atomic E-state index is 14.5. The molecule has 0 bridgehead atoms. The lowest BCUT2D eigenvalue weighted by Gasteiger charge is -2.72. The fraction of sp³-hybridized carbons (Fsp3) is 0.591. The van der Waals surface area contributed by atoms with Crippen molar-refractivity contribution in [1.82, 2.24) is 0 Å². The number of hydrogen-bond acceptors (Lipinski definition) is 3. The highest BCUT2D eigenvalue weighted by atomic mass is 16.5. The van der Waals surface area contributed by atoms with Crippen molar-refractivity contribution in [3.63, 3.8) is 0 Å². The highest BCUT2D eigenvalue weighted by molar-refractivity contribution is 5.96. The van der Waals surface area contributed by atoms with Crippen molar-refractivity contribution in [2.45, 2.75) is 99.3 Å². The fourth-order valence-electron chi connectivity index (χ4n) is 13.4. The number of carbonyl (C=O) groups excluding carboxylic acids is 1. The second kappa shape index (κ2) is 11.6. The quantitative estimate of drug-likeness (QED) is 0.302. The lowest BCUT2D eigenvalue weighted by Crippen LogP contribution is -2.66. The number of carbonyl (C=O) groups is 2. The third-order valence-corrected chi connectivity index (χ3v) is 15.9. The van der Waals surface area contributed by atoms with E-state index < -0.39 is 5.97 Å².